The number of rotatable bonds is 8. The molecule has 19 heavy (non-hydrogen) atoms. The summed E-state index contributed by atoms with van der Waals surface area (Å²) >= 11 is 6.28. The Bertz CT molecular complexity index is 392. The van der Waals surface area contributed by atoms with E-state index in [0.717, 1.165) is 30.5 Å². The average Bonchev–Trinajstić information content (AvgIpc) is 3.22. The number of likely N-dealkylation sites (N-methyl/N-ethyl adjacent to an activating group) is 1. The average molecular weight is 282 g/mol. The zero-order valence-corrected chi connectivity index (χ0v) is 12.6. The molecule has 0 amide bonds. The lowest BCUT2D eigenvalue weighted by molar-refractivity contribution is 0.0196. The van der Waals surface area contributed by atoms with Crippen molar-refractivity contribution in [2.45, 2.75) is 45.3 Å². The van der Waals surface area contributed by atoms with Gasteiger partial charge in [0, 0.05) is 17.7 Å². The van der Waals surface area contributed by atoms with Crippen molar-refractivity contribution in [2.24, 2.45) is 5.92 Å². The molecule has 1 N–H and O–H groups in total. The van der Waals surface area contributed by atoms with E-state index in [1.807, 2.05) is 12.1 Å². The highest BCUT2D eigenvalue weighted by Crippen LogP contribution is 2.36. The molecule has 1 aromatic carbocycles. The van der Waals surface area contributed by atoms with Gasteiger partial charge in [-0.15, -0.1) is 0 Å². The fourth-order valence-electron chi connectivity index (χ4n) is 2.67. The van der Waals surface area contributed by atoms with Crippen LogP contribution in [-0.2, 0) is 11.2 Å². The first kappa shape index (κ1) is 14.8. The minimum Gasteiger partial charge on any atom is -0.377 e. The summed E-state index contributed by atoms with van der Waals surface area (Å²) in [5.41, 5.74) is 1.21. The summed E-state index contributed by atoms with van der Waals surface area (Å²) in [4.78, 5) is 0. The Morgan fingerprint density at radius 1 is 1.32 bits per heavy atom. The molecule has 106 valence electrons. The minimum absolute atomic E-state index is 0.321. The lowest BCUT2D eigenvalue weighted by Crippen LogP contribution is -2.44. The first-order valence-corrected chi connectivity index (χ1v) is 7.72. The second kappa shape index (κ2) is 7.28. The van der Waals surface area contributed by atoms with Gasteiger partial charge in [-0.3, -0.25) is 0 Å². The van der Waals surface area contributed by atoms with Crippen LogP contribution >= 0.6 is 11.6 Å². The molecule has 2 nitrogen and oxygen atoms in total. The largest absolute Gasteiger partial charge is 0.377 e. The van der Waals surface area contributed by atoms with E-state index < -0.39 is 0 Å². The zero-order chi connectivity index (χ0) is 13.7. The Hall–Kier alpha value is -0.570. The van der Waals surface area contributed by atoms with E-state index in [0.29, 0.717) is 12.1 Å². The molecule has 1 fully saturated rings. The standard InChI is InChI=1S/C16H24ClNO/c1-3-18-15(16(19-4-2)12-9-10-12)11-13-7-5-6-8-14(13)17/h5-8,12,15-16,18H,3-4,9-11H2,1-2H3. The molecule has 0 heterocycles. The van der Waals surface area contributed by atoms with Crippen LogP contribution in [0.1, 0.15) is 32.3 Å². The summed E-state index contributed by atoms with van der Waals surface area (Å²) in [5.74, 6) is 0.728. The maximum absolute atomic E-state index is 6.28. The third-order valence-electron chi connectivity index (χ3n) is 3.71. The molecule has 2 unspecified atom stereocenters. The van der Waals surface area contributed by atoms with Gasteiger partial charge in [-0.05, 0) is 50.3 Å². The van der Waals surface area contributed by atoms with Crippen molar-refractivity contribution >= 4 is 11.6 Å². The van der Waals surface area contributed by atoms with E-state index in [4.69, 9.17) is 16.3 Å². The monoisotopic (exact) mass is 281 g/mol. The Morgan fingerprint density at radius 3 is 2.63 bits per heavy atom. The lowest BCUT2D eigenvalue weighted by atomic mass is 9.98. The highest BCUT2D eigenvalue weighted by molar-refractivity contribution is 6.31. The van der Waals surface area contributed by atoms with Gasteiger partial charge < -0.3 is 10.1 Å². The molecule has 3 heteroatoms. The van der Waals surface area contributed by atoms with Crippen LogP contribution in [0, 0.1) is 5.92 Å². The predicted molar refractivity (Wildman–Crippen MR) is 80.8 cm³/mol. The molecule has 1 aromatic rings. The maximum Gasteiger partial charge on any atom is 0.0759 e. The van der Waals surface area contributed by atoms with Crippen molar-refractivity contribution in [3.05, 3.63) is 34.9 Å². The highest BCUT2D eigenvalue weighted by Gasteiger charge is 2.37. The van der Waals surface area contributed by atoms with Crippen LogP contribution in [0.5, 0.6) is 0 Å². The van der Waals surface area contributed by atoms with Crippen LogP contribution in [0.25, 0.3) is 0 Å². The van der Waals surface area contributed by atoms with E-state index in [1.165, 1.54) is 18.4 Å². The summed E-state index contributed by atoms with van der Waals surface area (Å²) in [6, 6.07) is 8.47. The molecule has 0 radical (unpaired) electrons. The summed E-state index contributed by atoms with van der Waals surface area (Å²) in [5, 5.41) is 4.44. The topological polar surface area (TPSA) is 21.3 Å². The van der Waals surface area contributed by atoms with Gasteiger partial charge in [0.05, 0.1) is 6.10 Å². The molecular formula is C16H24ClNO. The van der Waals surface area contributed by atoms with Crippen molar-refractivity contribution in [3.8, 4) is 0 Å². The number of halogens is 1. The van der Waals surface area contributed by atoms with Gasteiger partial charge in [0.15, 0.2) is 0 Å². The van der Waals surface area contributed by atoms with Crippen molar-refractivity contribution in [3.63, 3.8) is 0 Å². The number of nitrogens with one attached hydrogen (secondary N) is 1. The van der Waals surface area contributed by atoms with Gasteiger partial charge in [-0.2, -0.15) is 0 Å². The Kier molecular flexibility index (Phi) is 5.68. The van der Waals surface area contributed by atoms with Crippen LogP contribution in [0.3, 0.4) is 0 Å². The molecule has 0 bridgehead atoms. The van der Waals surface area contributed by atoms with Crippen LogP contribution in [0.15, 0.2) is 24.3 Å². The fourth-order valence-corrected chi connectivity index (χ4v) is 2.88. The fraction of sp³-hybridized carbons (Fsp3) is 0.625. The Labute approximate surface area is 121 Å². The number of hydrogen-bond donors (Lipinski definition) is 1. The number of benzene rings is 1. The Balaban J connectivity index is 2.08. The number of hydrogen-bond acceptors (Lipinski definition) is 2. The van der Waals surface area contributed by atoms with Gasteiger partial charge in [-0.1, -0.05) is 36.7 Å². The third kappa shape index (κ3) is 4.20. The minimum atomic E-state index is 0.321. The summed E-state index contributed by atoms with van der Waals surface area (Å²) < 4.78 is 5.99. The molecule has 1 aliphatic carbocycles. The van der Waals surface area contributed by atoms with Crippen LogP contribution < -0.4 is 5.32 Å². The van der Waals surface area contributed by atoms with Crippen molar-refractivity contribution < 1.29 is 4.74 Å². The SMILES string of the molecule is CCNC(Cc1ccccc1Cl)C(OCC)C1CC1. The Morgan fingerprint density at radius 2 is 2.05 bits per heavy atom. The van der Waals surface area contributed by atoms with Gasteiger partial charge in [0.25, 0.3) is 0 Å². The first-order chi connectivity index (χ1) is 9.26. The quantitative estimate of drug-likeness (QED) is 0.785. The third-order valence-corrected chi connectivity index (χ3v) is 4.08. The van der Waals surface area contributed by atoms with E-state index in [1.54, 1.807) is 0 Å². The van der Waals surface area contributed by atoms with Gasteiger partial charge in [0.2, 0.25) is 0 Å². The summed E-state index contributed by atoms with van der Waals surface area (Å²) in [6.07, 6.45) is 3.86. The molecule has 0 spiro atoms. The normalized spacial score (nSPS) is 18.3. The molecule has 1 aliphatic rings. The van der Waals surface area contributed by atoms with Crippen molar-refractivity contribution in [1.29, 1.82) is 0 Å². The van der Waals surface area contributed by atoms with E-state index >= 15 is 0 Å². The molecule has 1 saturated carbocycles. The zero-order valence-electron chi connectivity index (χ0n) is 11.9. The molecule has 2 rings (SSSR count). The highest BCUT2D eigenvalue weighted by atomic mass is 35.5. The first-order valence-electron chi connectivity index (χ1n) is 7.34. The van der Waals surface area contributed by atoms with Gasteiger partial charge in [-0.25, -0.2) is 0 Å². The summed E-state index contributed by atoms with van der Waals surface area (Å²) in [6.45, 7) is 5.97. The number of ether oxygens (including phenoxy) is 1. The molecular weight excluding hydrogens is 258 g/mol. The second-order valence-electron chi connectivity index (χ2n) is 5.22. The van der Waals surface area contributed by atoms with Crippen LogP contribution in [0.4, 0.5) is 0 Å². The maximum atomic E-state index is 6.28. The smallest absolute Gasteiger partial charge is 0.0759 e. The molecule has 0 aromatic heterocycles. The second-order valence-corrected chi connectivity index (χ2v) is 5.62. The van der Waals surface area contributed by atoms with E-state index in [9.17, 15) is 0 Å². The van der Waals surface area contributed by atoms with Crippen LogP contribution in [0.2, 0.25) is 5.02 Å². The van der Waals surface area contributed by atoms with Crippen molar-refractivity contribution in [1.82, 2.24) is 5.32 Å². The molecule has 0 saturated heterocycles. The van der Waals surface area contributed by atoms with Crippen molar-refractivity contribution in [2.75, 3.05) is 13.2 Å². The predicted octanol–water partition coefficient (Wildman–Crippen LogP) is 3.68. The van der Waals surface area contributed by atoms with Gasteiger partial charge >= 0.3 is 0 Å². The summed E-state index contributed by atoms with van der Waals surface area (Å²) in [7, 11) is 0. The molecule has 0 aliphatic heterocycles. The van der Waals surface area contributed by atoms with E-state index in [2.05, 4.69) is 31.3 Å². The lowest BCUT2D eigenvalue weighted by Gasteiger charge is -2.28. The van der Waals surface area contributed by atoms with E-state index in [-0.39, 0.29) is 0 Å². The molecule has 2 atom stereocenters. The van der Waals surface area contributed by atoms with Gasteiger partial charge in [0.1, 0.15) is 0 Å². The van der Waals surface area contributed by atoms with Crippen LogP contribution in [-0.4, -0.2) is 25.3 Å².